The summed E-state index contributed by atoms with van der Waals surface area (Å²) in [5.41, 5.74) is 3.50. The lowest BCUT2D eigenvalue weighted by molar-refractivity contribution is -0.113. The minimum absolute atomic E-state index is 0.112. The molecule has 1 heterocycles. The van der Waals surface area contributed by atoms with E-state index in [1.807, 2.05) is 64.2 Å². The van der Waals surface area contributed by atoms with Crippen molar-refractivity contribution >= 4 is 29.3 Å². The fraction of sp³-hybridized carbons (Fsp3) is 0.273. The molecule has 0 unspecified atom stereocenters. The number of hydrogen-bond donors (Lipinski definition) is 2. The molecule has 0 saturated carbocycles. The van der Waals surface area contributed by atoms with Crippen molar-refractivity contribution in [2.24, 2.45) is 7.05 Å². The molecular formula is C22H25N5O2S. The van der Waals surface area contributed by atoms with Gasteiger partial charge in [-0.25, -0.2) is 0 Å². The molecule has 0 aliphatic heterocycles. The first-order chi connectivity index (χ1) is 14.3. The highest BCUT2D eigenvalue weighted by Gasteiger charge is 2.19. The molecule has 3 rings (SSSR count). The van der Waals surface area contributed by atoms with Gasteiger partial charge in [-0.3, -0.25) is 9.59 Å². The minimum Gasteiger partial charge on any atom is -0.342 e. The number of aryl methyl sites for hydroxylation is 2. The number of amides is 2. The van der Waals surface area contributed by atoms with Crippen LogP contribution < -0.4 is 10.6 Å². The van der Waals surface area contributed by atoms with Gasteiger partial charge in [0, 0.05) is 18.3 Å². The van der Waals surface area contributed by atoms with E-state index in [2.05, 4.69) is 20.8 Å². The zero-order chi connectivity index (χ0) is 21.7. The molecule has 7 nitrogen and oxygen atoms in total. The Balaban J connectivity index is 1.58. The molecule has 0 fully saturated rings. The number of nitrogens with zero attached hydrogens (tertiary/aromatic N) is 3. The number of hydrogen-bond acceptors (Lipinski definition) is 5. The van der Waals surface area contributed by atoms with Crippen LogP contribution in [0.2, 0.25) is 0 Å². The Kier molecular flexibility index (Phi) is 6.89. The molecule has 2 aromatic carbocycles. The van der Waals surface area contributed by atoms with Gasteiger partial charge in [-0.2, -0.15) is 0 Å². The van der Waals surface area contributed by atoms with Crippen LogP contribution in [0.25, 0.3) is 0 Å². The lowest BCUT2D eigenvalue weighted by atomic mass is 10.1. The molecular weight excluding hydrogens is 398 g/mol. The summed E-state index contributed by atoms with van der Waals surface area (Å²) in [6, 6.07) is 14.7. The van der Waals surface area contributed by atoms with Crippen molar-refractivity contribution in [3.05, 3.63) is 71.0 Å². The van der Waals surface area contributed by atoms with Gasteiger partial charge in [0.05, 0.1) is 11.8 Å². The van der Waals surface area contributed by atoms with Crippen LogP contribution in [0.15, 0.2) is 53.7 Å². The number of rotatable bonds is 7. The average molecular weight is 424 g/mol. The van der Waals surface area contributed by atoms with E-state index >= 15 is 0 Å². The number of aromatic nitrogens is 3. The second-order valence-electron chi connectivity index (χ2n) is 7.11. The number of nitrogens with one attached hydrogen (secondary N) is 2. The van der Waals surface area contributed by atoms with E-state index < -0.39 is 0 Å². The molecule has 156 valence electrons. The third-order valence-corrected chi connectivity index (χ3v) is 5.69. The summed E-state index contributed by atoms with van der Waals surface area (Å²) in [5.74, 6) is 0.555. The molecule has 0 radical (unpaired) electrons. The highest BCUT2D eigenvalue weighted by atomic mass is 32.2. The van der Waals surface area contributed by atoms with E-state index in [1.165, 1.54) is 11.8 Å². The fourth-order valence-electron chi connectivity index (χ4n) is 2.91. The van der Waals surface area contributed by atoms with E-state index in [9.17, 15) is 9.59 Å². The standard InChI is InChI=1S/C22H25N5O2S/c1-14-9-11-17(12-10-14)21(29)23-16(3)20-25-26-22(27(20)4)30-13-19(28)24-18-8-6-5-7-15(18)2/h5-12,16H,13H2,1-4H3,(H,23,29)(H,24,28)/t16-/m0/s1. The number of para-hydroxylation sites is 1. The monoisotopic (exact) mass is 423 g/mol. The summed E-state index contributed by atoms with van der Waals surface area (Å²) in [6.07, 6.45) is 0. The van der Waals surface area contributed by atoms with Crippen molar-refractivity contribution in [1.82, 2.24) is 20.1 Å². The molecule has 0 aliphatic rings. The molecule has 30 heavy (non-hydrogen) atoms. The smallest absolute Gasteiger partial charge is 0.251 e. The molecule has 0 saturated heterocycles. The second-order valence-corrected chi connectivity index (χ2v) is 8.06. The van der Waals surface area contributed by atoms with Crippen molar-refractivity contribution < 1.29 is 9.59 Å². The van der Waals surface area contributed by atoms with Gasteiger partial charge in [0.2, 0.25) is 5.91 Å². The van der Waals surface area contributed by atoms with Crippen LogP contribution in [0.3, 0.4) is 0 Å². The topological polar surface area (TPSA) is 88.9 Å². The summed E-state index contributed by atoms with van der Waals surface area (Å²) < 4.78 is 1.80. The summed E-state index contributed by atoms with van der Waals surface area (Å²) in [4.78, 5) is 24.7. The Morgan fingerprint density at radius 1 is 1.07 bits per heavy atom. The highest BCUT2D eigenvalue weighted by Crippen LogP contribution is 2.20. The van der Waals surface area contributed by atoms with E-state index in [4.69, 9.17) is 0 Å². The zero-order valence-electron chi connectivity index (χ0n) is 17.5. The maximum atomic E-state index is 12.4. The van der Waals surface area contributed by atoms with E-state index in [0.29, 0.717) is 16.5 Å². The van der Waals surface area contributed by atoms with Gasteiger partial charge in [0.15, 0.2) is 11.0 Å². The highest BCUT2D eigenvalue weighted by molar-refractivity contribution is 7.99. The van der Waals surface area contributed by atoms with Gasteiger partial charge in [0.25, 0.3) is 5.91 Å². The van der Waals surface area contributed by atoms with Crippen LogP contribution in [0.1, 0.15) is 40.3 Å². The number of carbonyl (C=O) groups is 2. The maximum absolute atomic E-state index is 12.4. The predicted octanol–water partition coefficient (Wildman–Crippen LogP) is 3.65. The van der Waals surface area contributed by atoms with Crippen molar-refractivity contribution in [3.63, 3.8) is 0 Å². The Hall–Kier alpha value is -3.13. The van der Waals surface area contributed by atoms with Crippen LogP contribution in [0.5, 0.6) is 0 Å². The predicted molar refractivity (Wildman–Crippen MR) is 119 cm³/mol. The van der Waals surface area contributed by atoms with Crippen molar-refractivity contribution in [2.75, 3.05) is 11.1 Å². The van der Waals surface area contributed by atoms with Gasteiger partial charge < -0.3 is 15.2 Å². The van der Waals surface area contributed by atoms with Crippen LogP contribution in [-0.4, -0.2) is 32.3 Å². The summed E-state index contributed by atoms with van der Waals surface area (Å²) in [7, 11) is 1.82. The van der Waals surface area contributed by atoms with Gasteiger partial charge in [-0.1, -0.05) is 47.7 Å². The van der Waals surface area contributed by atoms with Gasteiger partial charge in [-0.05, 0) is 44.5 Å². The molecule has 0 spiro atoms. The first kappa shape index (κ1) is 21.6. The van der Waals surface area contributed by atoms with Gasteiger partial charge in [0.1, 0.15) is 0 Å². The molecule has 0 bridgehead atoms. The van der Waals surface area contributed by atoms with Crippen molar-refractivity contribution in [2.45, 2.75) is 32.0 Å². The molecule has 2 N–H and O–H groups in total. The SMILES string of the molecule is Cc1ccc(C(=O)N[C@@H](C)c2nnc(SCC(=O)Nc3ccccc3C)n2C)cc1. The largest absolute Gasteiger partial charge is 0.342 e. The van der Waals surface area contributed by atoms with Crippen LogP contribution in [0.4, 0.5) is 5.69 Å². The Morgan fingerprint density at radius 3 is 2.47 bits per heavy atom. The fourth-order valence-corrected chi connectivity index (χ4v) is 3.63. The number of carbonyl (C=O) groups excluding carboxylic acids is 2. The molecule has 3 aromatic rings. The summed E-state index contributed by atoms with van der Waals surface area (Å²) in [6.45, 7) is 5.78. The van der Waals surface area contributed by atoms with Crippen molar-refractivity contribution in [1.29, 1.82) is 0 Å². The molecule has 2 amide bonds. The first-order valence-electron chi connectivity index (χ1n) is 9.60. The van der Waals surface area contributed by atoms with E-state index in [-0.39, 0.29) is 23.6 Å². The molecule has 8 heteroatoms. The van der Waals surface area contributed by atoms with Crippen LogP contribution >= 0.6 is 11.8 Å². The molecule has 1 aromatic heterocycles. The summed E-state index contributed by atoms with van der Waals surface area (Å²) >= 11 is 1.30. The van der Waals surface area contributed by atoms with Crippen LogP contribution in [0, 0.1) is 13.8 Å². The lowest BCUT2D eigenvalue weighted by Gasteiger charge is -2.14. The second kappa shape index (κ2) is 9.58. The lowest BCUT2D eigenvalue weighted by Crippen LogP contribution is -2.28. The Morgan fingerprint density at radius 2 is 1.77 bits per heavy atom. The van der Waals surface area contributed by atoms with E-state index in [1.54, 1.807) is 16.7 Å². The Labute approximate surface area is 180 Å². The Bertz CT molecular complexity index is 1050. The molecule has 0 aliphatic carbocycles. The normalized spacial score (nSPS) is 11.7. The number of benzene rings is 2. The summed E-state index contributed by atoms with van der Waals surface area (Å²) in [5, 5.41) is 14.8. The number of thioether (sulfide) groups is 1. The van der Waals surface area contributed by atoms with Crippen LogP contribution in [-0.2, 0) is 11.8 Å². The maximum Gasteiger partial charge on any atom is 0.251 e. The third kappa shape index (κ3) is 5.27. The zero-order valence-corrected chi connectivity index (χ0v) is 18.3. The van der Waals surface area contributed by atoms with Gasteiger partial charge in [-0.15, -0.1) is 10.2 Å². The number of anilines is 1. The molecule has 1 atom stereocenters. The first-order valence-corrected chi connectivity index (χ1v) is 10.6. The minimum atomic E-state index is -0.327. The third-order valence-electron chi connectivity index (χ3n) is 4.67. The average Bonchev–Trinajstić information content (AvgIpc) is 3.09. The van der Waals surface area contributed by atoms with Crippen molar-refractivity contribution in [3.8, 4) is 0 Å². The van der Waals surface area contributed by atoms with E-state index in [0.717, 1.165) is 16.8 Å². The van der Waals surface area contributed by atoms with Gasteiger partial charge >= 0.3 is 0 Å². The quantitative estimate of drug-likeness (QED) is 0.566.